The summed E-state index contributed by atoms with van der Waals surface area (Å²) in [5, 5.41) is 0. The van der Waals surface area contributed by atoms with Gasteiger partial charge in [0.15, 0.2) is 0 Å². The molecule has 178 valence electrons. The summed E-state index contributed by atoms with van der Waals surface area (Å²) >= 11 is 0. The number of ether oxygens (including phenoxy) is 1. The zero-order valence-electron chi connectivity index (χ0n) is 18.1. The number of anilines is 1. The average molecular weight is 483 g/mol. The van der Waals surface area contributed by atoms with Crippen molar-refractivity contribution in [1.29, 1.82) is 0 Å². The molecule has 0 N–H and O–H groups in total. The number of hydrogen-bond acceptors (Lipinski definition) is 4. The van der Waals surface area contributed by atoms with E-state index in [2.05, 4.69) is 0 Å². The Bertz CT molecular complexity index is 1140. The van der Waals surface area contributed by atoms with Gasteiger partial charge >= 0.3 is 6.18 Å². The van der Waals surface area contributed by atoms with Gasteiger partial charge in [-0.15, -0.1) is 0 Å². The first-order chi connectivity index (χ1) is 15.6. The molecule has 0 spiro atoms. The highest BCUT2D eigenvalue weighted by Gasteiger charge is 2.40. The van der Waals surface area contributed by atoms with Crippen LogP contribution < -0.4 is 9.64 Å². The fourth-order valence-electron chi connectivity index (χ4n) is 4.56. The number of sulfonamides is 1. The molecule has 0 saturated carbocycles. The van der Waals surface area contributed by atoms with Crippen LogP contribution in [0.5, 0.6) is 5.75 Å². The van der Waals surface area contributed by atoms with Gasteiger partial charge in [0.2, 0.25) is 15.9 Å². The second-order valence-electron chi connectivity index (χ2n) is 8.26. The summed E-state index contributed by atoms with van der Waals surface area (Å²) in [6.07, 6.45) is -2.61. The third kappa shape index (κ3) is 4.59. The molecule has 10 heteroatoms. The molecular weight excluding hydrogens is 457 g/mol. The van der Waals surface area contributed by atoms with Crippen LogP contribution in [0.2, 0.25) is 0 Å². The average Bonchev–Trinajstić information content (AvgIpc) is 2.82. The van der Waals surface area contributed by atoms with E-state index in [1.54, 1.807) is 18.1 Å². The van der Waals surface area contributed by atoms with E-state index in [-0.39, 0.29) is 37.8 Å². The van der Waals surface area contributed by atoms with E-state index >= 15 is 0 Å². The molecule has 0 radical (unpaired) electrons. The number of piperidine rings is 1. The molecule has 0 atom stereocenters. The molecular formula is C23H25F3N2O4S. The Labute approximate surface area is 191 Å². The number of hydrogen-bond donors (Lipinski definition) is 0. The van der Waals surface area contributed by atoms with Crippen LogP contribution in [0.25, 0.3) is 0 Å². The van der Waals surface area contributed by atoms with Gasteiger partial charge in [0, 0.05) is 31.2 Å². The standard InChI is InChI=1S/C23H25F3N2O4S/c1-32-18-8-9-20-17(15-18)5-4-12-28(20)22(29)16-10-13-27(14-11-16)33(30,31)21-7-3-2-6-19(21)23(24,25)26/h2-3,6-9,15-16H,4-5,10-14H2,1H3. The van der Waals surface area contributed by atoms with Crippen LogP contribution in [-0.4, -0.2) is 45.4 Å². The summed E-state index contributed by atoms with van der Waals surface area (Å²) in [6, 6.07) is 9.78. The second-order valence-corrected chi connectivity index (χ2v) is 10.2. The minimum Gasteiger partial charge on any atom is -0.497 e. The molecule has 6 nitrogen and oxygen atoms in total. The van der Waals surface area contributed by atoms with Gasteiger partial charge < -0.3 is 9.64 Å². The van der Waals surface area contributed by atoms with Crippen molar-refractivity contribution in [2.24, 2.45) is 5.92 Å². The number of alkyl halides is 3. The molecule has 2 heterocycles. The van der Waals surface area contributed by atoms with E-state index in [1.165, 1.54) is 12.1 Å². The van der Waals surface area contributed by atoms with Crippen molar-refractivity contribution in [1.82, 2.24) is 4.31 Å². The number of nitrogens with zero attached hydrogens (tertiary/aromatic N) is 2. The fourth-order valence-corrected chi connectivity index (χ4v) is 6.24. The topological polar surface area (TPSA) is 66.9 Å². The van der Waals surface area contributed by atoms with E-state index in [0.29, 0.717) is 6.54 Å². The van der Waals surface area contributed by atoms with Gasteiger partial charge in [0.1, 0.15) is 5.75 Å². The first-order valence-electron chi connectivity index (χ1n) is 10.8. The van der Waals surface area contributed by atoms with Crippen molar-refractivity contribution >= 4 is 21.6 Å². The lowest BCUT2D eigenvalue weighted by atomic mass is 9.94. The molecule has 0 aliphatic carbocycles. The molecule has 33 heavy (non-hydrogen) atoms. The molecule has 2 aromatic carbocycles. The molecule has 0 aromatic heterocycles. The maximum Gasteiger partial charge on any atom is 0.417 e. The van der Waals surface area contributed by atoms with Gasteiger partial charge in [-0.2, -0.15) is 17.5 Å². The smallest absolute Gasteiger partial charge is 0.417 e. The highest BCUT2D eigenvalue weighted by atomic mass is 32.2. The van der Waals surface area contributed by atoms with Crippen LogP contribution >= 0.6 is 0 Å². The summed E-state index contributed by atoms with van der Waals surface area (Å²) in [5.41, 5.74) is 0.683. The number of aryl methyl sites for hydroxylation is 1. The minimum atomic E-state index is -4.78. The fraction of sp³-hybridized carbons (Fsp3) is 0.435. The summed E-state index contributed by atoms with van der Waals surface area (Å²) in [6.45, 7) is 0.568. The van der Waals surface area contributed by atoms with Crippen molar-refractivity contribution in [2.45, 2.75) is 36.8 Å². The maximum atomic E-state index is 13.3. The van der Waals surface area contributed by atoms with Crippen LogP contribution in [0.1, 0.15) is 30.4 Å². The largest absolute Gasteiger partial charge is 0.497 e. The first kappa shape index (κ1) is 23.6. The van der Waals surface area contributed by atoms with Crippen LogP contribution in [-0.2, 0) is 27.4 Å². The Morgan fingerprint density at radius 1 is 1.06 bits per heavy atom. The van der Waals surface area contributed by atoms with Gasteiger partial charge in [0.05, 0.1) is 17.6 Å². The lowest BCUT2D eigenvalue weighted by Crippen LogP contribution is -2.46. The molecule has 1 amide bonds. The third-order valence-electron chi connectivity index (χ3n) is 6.28. The van der Waals surface area contributed by atoms with Crippen LogP contribution in [0.3, 0.4) is 0 Å². The molecule has 4 rings (SSSR count). The van der Waals surface area contributed by atoms with E-state index in [9.17, 15) is 26.4 Å². The molecule has 1 saturated heterocycles. The monoisotopic (exact) mass is 482 g/mol. The van der Waals surface area contributed by atoms with E-state index < -0.39 is 26.7 Å². The van der Waals surface area contributed by atoms with Crippen molar-refractivity contribution in [3.05, 3.63) is 53.6 Å². The number of benzene rings is 2. The summed E-state index contributed by atoms with van der Waals surface area (Å²) in [5.74, 6) is 0.261. The van der Waals surface area contributed by atoms with Crippen LogP contribution in [0, 0.1) is 5.92 Å². The molecule has 0 bridgehead atoms. The van der Waals surface area contributed by atoms with Crippen LogP contribution in [0.15, 0.2) is 47.4 Å². The number of halogens is 3. The van der Waals surface area contributed by atoms with Crippen LogP contribution in [0.4, 0.5) is 18.9 Å². The zero-order chi connectivity index (χ0) is 23.8. The predicted octanol–water partition coefficient (Wildman–Crippen LogP) is 4.09. The molecule has 1 fully saturated rings. The lowest BCUT2D eigenvalue weighted by molar-refractivity contribution is -0.139. The van der Waals surface area contributed by atoms with Crippen molar-refractivity contribution < 1.29 is 31.1 Å². The van der Waals surface area contributed by atoms with Gasteiger partial charge in [-0.25, -0.2) is 8.42 Å². The van der Waals surface area contributed by atoms with Gasteiger partial charge in [0.25, 0.3) is 0 Å². The van der Waals surface area contributed by atoms with E-state index in [0.717, 1.165) is 46.3 Å². The van der Waals surface area contributed by atoms with E-state index in [1.807, 2.05) is 12.1 Å². The normalized spacial score (nSPS) is 18.1. The summed E-state index contributed by atoms with van der Waals surface area (Å²) in [7, 11) is -2.75. The highest BCUT2D eigenvalue weighted by molar-refractivity contribution is 7.89. The van der Waals surface area contributed by atoms with Crippen molar-refractivity contribution in [3.63, 3.8) is 0 Å². The predicted molar refractivity (Wildman–Crippen MR) is 117 cm³/mol. The summed E-state index contributed by atoms with van der Waals surface area (Å²) < 4.78 is 72.3. The molecule has 2 aromatic rings. The molecule has 0 unspecified atom stereocenters. The number of amides is 1. The maximum absolute atomic E-state index is 13.3. The quantitative estimate of drug-likeness (QED) is 0.658. The Hall–Kier alpha value is -2.59. The van der Waals surface area contributed by atoms with E-state index in [4.69, 9.17) is 4.74 Å². The second kappa shape index (κ2) is 8.98. The molecule has 2 aliphatic heterocycles. The number of methoxy groups -OCH3 is 1. The Kier molecular flexibility index (Phi) is 6.41. The number of fused-ring (bicyclic) bond motifs is 1. The van der Waals surface area contributed by atoms with Crippen molar-refractivity contribution in [3.8, 4) is 5.75 Å². The van der Waals surface area contributed by atoms with Crippen molar-refractivity contribution in [2.75, 3.05) is 31.6 Å². The Morgan fingerprint density at radius 3 is 2.42 bits per heavy atom. The zero-order valence-corrected chi connectivity index (χ0v) is 19.0. The number of carbonyl (C=O) groups excluding carboxylic acids is 1. The van der Waals surface area contributed by atoms with Gasteiger partial charge in [-0.05, 0) is 61.6 Å². The third-order valence-corrected chi connectivity index (χ3v) is 8.24. The number of carbonyl (C=O) groups is 1. The highest BCUT2D eigenvalue weighted by Crippen LogP contribution is 2.37. The molecule has 2 aliphatic rings. The first-order valence-corrected chi connectivity index (χ1v) is 12.2. The van der Waals surface area contributed by atoms with Gasteiger partial charge in [-0.3, -0.25) is 4.79 Å². The minimum absolute atomic E-state index is 0.00571. The Balaban J connectivity index is 1.49. The number of rotatable bonds is 4. The Morgan fingerprint density at radius 2 is 1.76 bits per heavy atom. The SMILES string of the molecule is COc1ccc2c(c1)CCCN2C(=O)C1CCN(S(=O)(=O)c2ccccc2C(F)(F)F)CC1. The summed E-state index contributed by atoms with van der Waals surface area (Å²) in [4.78, 5) is 14.3. The van der Waals surface area contributed by atoms with Gasteiger partial charge in [-0.1, -0.05) is 12.1 Å². The lowest BCUT2D eigenvalue weighted by Gasteiger charge is -2.36.